The van der Waals surface area contributed by atoms with Crippen molar-refractivity contribution >= 4 is 49.5 Å². The van der Waals surface area contributed by atoms with Gasteiger partial charge in [0, 0.05) is 18.6 Å². The number of hydrogen-bond donors (Lipinski definition) is 0. The van der Waals surface area contributed by atoms with Gasteiger partial charge in [0.1, 0.15) is 12.9 Å². The molecule has 0 bridgehead atoms. The zero-order valence-electron chi connectivity index (χ0n) is 10.3. The van der Waals surface area contributed by atoms with E-state index in [0.29, 0.717) is 0 Å². The van der Waals surface area contributed by atoms with E-state index in [-0.39, 0.29) is 37.4 Å². The second kappa shape index (κ2) is 23.4. The Balaban J connectivity index is -0.0000000675. The van der Waals surface area contributed by atoms with Crippen molar-refractivity contribution in [2.75, 3.05) is 0 Å². The third-order valence-corrected chi connectivity index (χ3v) is 3.60. The van der Waals surface area contributed by atoms with Crippen molar-refractivity contribution in [1.82, 2.24) is 0 Å². The Labute approximate surface area is 156 Å². The Kier molecular flexibility index (Phi) is 36.2. The molecule has 23 heteroatoms. The van der Waals surface area contributed by atoms with Crippen molar-refractivity contribution in [3.05, 3.63) is 0 Å². The van der Waals surface area contributed by atoms with Crippen LogP contribution in [0.5, 0.6) is 0 Å². The maximum absolute atomic E-state index is 9.24. The van der Waals surface area contributed by atoms with E-state index in [4.69, 9.17) is 0 Å². The third kappa shape index (κ3) is 59.7. The third-order valence-electron chi connectivity index (χ3n) is 0.400. The summed E-state index contributed by atoms with van der Waals surface area (Å²) in [5.41, 5.74) is 0. The minimum Gasteiger partial charge on any atom is -0.563 e. The zero-order chi connectivity index (χ0) is 17.6. The molecule has 15 nitrogen and oxygen atoms in total. The van der Waals surface area contributed by atoms with Crippen LogP contribution >= 0.6 is 49.5 Å². The molecule has 0 aliphatic rings. The standard InChI is InChI=1S/Li.3O5P2.V/c;3*1-6(2)5-7(3)4;/q+1;;;;. The molecule has 6 atom stereocenters. The van der Waals surface area contributed by atoms with Crippen LogP contribution in [0, 0.1) is 0 Å². The summed E-state index contributed by atoms with van der Waals surface area (Å²) in [6.45, 7) is 0. The first-order chi connectivity index (χ1) is 9.38. The van der Waals surface area contributed by atoms with E-state index in [2.05, 4.69) is 12.9 Å². The summed E-state index contributed by atoms with van der Waals surface area (Å²) in [7, 11) is -19.4. The van der Waals surface area contributed by atoms with Gasteiger partial charge in [-0.05, 0) is 27.4 Å². The van der Waals surface area contributed by atoms with E-state index in [1.165, 1.54) is 0 Å². The maximum Gasteiger partial charge on any atom is 1.00 e. The van der Waals surface area contributed by atoms with Crippen LogP contribution in [0.2, 0.25) is 0 Å². The summed E-state index contributed by atoms with van der Waals surface area (Å²) in [5.74, 6) is 0. The average Bonchev–Trinajstić information content (AvgIpc) is 2.10. The molecule has 0 rings (SSSR count). The largest absolute Gasteiger partial charge is 1.00 e. The van der Waals surface area contributed by atoms with Crippen molar-refractivity contribution in [1.29, 1.82) is 0 Å². The molecular weight excluding hydrogens is 484 g/mol. The fourth-order valence-electron chi connectivity index (χ4n) is 0.163. The Morgan fingerprint density at radius 2 is 0.522 bits per heavy atom. The Bertz CT molecular complexity index is 320. The molecule has 6 unspecified atom stereocenters. The van der Waals surface area contributed by atoms with Crippen LogP contribution in [-0.2, 0) is 58.9 Å². The summed E-state index contributed by atoms with van der Waals surface area (Å²) in [6.07, 6.45) is 0. The second-order valence-electron chi connectivity index (χ2n) is 1.59. The molecule has 0 heterocycles. The summed E-state index contributed by atoms with van der Waals surface area (Å²) in [5, 5.41) is 0. The molecule has 23 heavy (non-hydrogen) atoms. The quantitative estimate of drug-likeness (QED) is 0.251. The van der Waals surface area contributed by atoms with Gasteiger partial charge in [0.2, 0.25) is 0 Å². The molecule has 0 amide bonds. The predicted molar refractivity (Wildman–Crippen MR) is 48.9 cm³/mol. The Hall–Kier alpha value is 1.42. The molecule has 0 aromatic carbocycles. The van der Waals surface area contributed by atoms with Crippen LogP contribution in [0.25, 0.3) is 0 Å². The van der Waals surface area contributed by atoms with Crippen LogP contribution in [0.15, 0.2) is 0 Å². The first-order valence-corrected chi connectivity index (χ1v) is 9.86. The average molecular weight is 484 g/mol. The summed E-state index contributed by atoms with van der Waals surface area (Å²) in [4.78, 5) is 55.4. The molecule has 0 aliphatic carbocycles. The minimum absolute atomic E-state index is 0. The minimum atomic E-state index is -3.24. The van der Waals surface area contributed by atoms with Crippen molar-refractivity contribution in [3.63, 3.8) is 0 Å². The maximum atomic E-state index is 9.24. The van der Waals surface area contributed by atoms with Gasteiger partial charge in [0.25, 0.3) is 0 Å². The van der Waals surface area contributed by atoms with Gasteiger partial charge >= 0.3 is 68.4 Å². The number of hydrogen-bond acceptors (Lipinski definition) is 15. The van der Waals surface area contributed by atoms with E-state index in [1.807, 2.05) is 0 Å². The van der Waals surface area contributed by atoms with Crippen LogP contribution in [0.1, 0.15) is 0 Å². The van der Waals surface area contributed by atoms with Crippen LogP contribution in [0.3, 0.4) is 0 Å². The molecule has 0 fully saturated rings. The molecular formula is LiO15P6V+. The van der Waals surface area contributed by atoms with E-state index in [0.717, 1.165) is 0 Å². The molecule has 0 aromatic heterocycles. The predicted octanol–water partition coefficient (Wildman–Crippen LogP) is -5.88. The monoisotopic (exact) mass is 484 g/mol. The van der Waals surface area contributed by atoms with Gasteiger partial charge in [-0.1, -0.05) is 0 Å². The molecule has 1 radical (unpaired) electrons. The first-order valence-electron chi connectivity index (χ1n) is 3.29. The van der Waals surface area contributed by atoms with Crippen molar-refractivity contribution in [2.24, 2.45) is 0 Å². The van der Waals surface area contributed by atoms with Gasteiger partial charge in [-0.3, -0.25) is 0 Å². The van der Waals surface area contributed by atoms with Gasteiger partial charge in [-0.2, -0.15) is 0 Å². The molecule has 125 valence electrons. The zero-order valence-corrected chi connectivity index (χ0v) is 17.0. The van der Waals surface area contributed by atoms with Crippen LogP contribution in [-0.4, -0.2) is 0 Å². The molecule has 0 N–H and O–H groups in total. The van der Waals surface area contributed by atoms with Gasteiger partial charge < -0.3 is 29.4 Å². The van der Waals surface area contributed by atoms with Gasteiger partial charge in [-0.15, -0.1) is 0 Å². The normalized spacial score (nSPS) is 12.3. The van der Waals surface area contributed by atoms with Gasteiger partial charge in [0.05, 0.1) is 0 Å². The first kappa shape index (κ1) is 35.5. The van der Waals surface area contributed by atoms with Gasteiger partial charge in [-0.25, -0.2) is 0 Å². The van der Waals surface area contributed by atoms with Crippen LogP contribution in [0.4, 0.5) is 0 Å². The molecule has 0 aromatic rings. The van der Waals surface area contributed by atoms with Crippen LogP contribution < -0.4 is 48.2 Å². The molecule has 0 aliphatic heterocycles. The fraction of sp³-hybridized carbons (Fsp3) is 0. The summed E-state index contributed by atoms with van der Waals surface area (Å²) >= 11 is 0. The smallest absolute Gasteiger partial charge is 0.563 e. The summed E-state index contributed by atoms with van der Waals surface area (Å²) < 4.78 is 64.9. The van der Waals surface area contributed by atoms with Crippen molar-refractivity contribution < 1.29 is 107 Å². The SMILES string of the molecule is O=[P+]([O-])O[P+](=O)[O-].O=[P+]([O-])O[P+](=O)[O-].O=[P+]([O-])O[P+](=O)[O-].[Li+].[V]. The molecule has 0 saturated carbocycles. The Morgan fingerprint density at radius 1 is 0.435 bits per heavy atom. The van der Waals surface area contributed by atoms with E-state index in [1.54, 1.807) is 0 Å². The second-order valence-corrected chi connectivity index (χ2v) is 6.23. The molecule has 0 saturated heterocycles. The van der Waals surface area contributed by atoms with E-state index < -0.39 is 49.5 Å². The van der Waals surface area contributed by atoms with E-state index in [9.17, 15) is 56.8 Å². The van der Waals surface area contributed by atoms with Gasteiger partial charge in [0.15, 0.2) is 0 Å². The topological polar surface area (TPSA) is 268 Å². The molecule has 0 spiro atoms. The Morgan fingerprint density at radius 3 is 0.522 bits per heavy atom. The number of rotatable bonds is 6. The van der Waals surface area contributed by atoms with Crippen molar-refractivity contribution in [3.8, 4) is 0 Å². The van der Waals surface area contributed by atoms with Crippen molar-refractivity contribution in [2.45, 2.75) is 0 Å². The van der Waals surface area contributed by atoms with E-state index >= 15 is 0 Å². The fourth-order valence-corrected chi connectivity index (χ4v) is 1.47. The summed E-state index contributed by atoms with van der Waals surface area (Å²) in [6, 6.07) is 0.